The van der Waals surface area contributed by atoms with E-state index in [1.165, 1.54) is 0 Å². The average molecular weight is 304 g/mol. The summed E-state index contributed by atoms with van der Waals surface area (Å²) in [6.45, 7) is -0.304. The van der Waals surface area contributed by atoms with Crippen molar-refractivity contribution in [2.24, 2.45) is 0 Å². The van der Waals surface area contributed by atoms with Gasteiger partial charge < -0.3 is 10.1 Å². The number of esters is 1. The molecule has 0 saturated heterocycles. The number of ether oxygens (including phenoxy) is 1. The Bertz CT molecular complexity index is 611. The fraction of sp³-hybridized carbons (Fsp3) is 0.125. The number of hydrogen-bond acceptors (Lipinski definition) is 3. The van der Waals surface area contributed by atoms with Crippen LogP contribution in [-0.4, -0.2) is 18.5 Å². The molecule has 2 aromatic carbocycles. The van der Waals surface area contributed by atoms with Crippen LogP contribution in [-0.2, 0) is 20.7 Å². The maximum Gasteiger partial charge on any atom is 0.310 e. The molecule has 0 aromatic heterocycles. The van der Waals surface area contributed by atoms with E-state index >= 15 is 0 Å². The summed E-state index contributed by atoms with van der Waals surface area (Å²) in [5.74, 6) is -0.828. The molecule has 2 aromatic rings. The van der Waals surface area contributed by atoms with Gasteiger partial charge in [-0.25, -0.2) is 0 Å². The van der Waals surface area contributed by atoms with Crippen LogP contribution in [0.2, 0.25) is 5.02 Å². The predicted octanol–water partition coefficient (Wildman–Crippen LogP) is 3.06. The highest BCUT2D eigenvalue weighted by Crippen LogP contribution is 2.10. The van der Waals surface area contributed by atoms with Crippen LogP contribution in [0.15, 0.2) is 54.6 Å². The first kappa shape index (κ1) is 15.1. The molecule has 0 fully saturated rings. The molecule has 0 aliphatic rings. The van der Waals surface area contributed by atoms with Crippen molar-refractivity contribution in [3.8, 4) is 0 Å². The summed E-state index contributed by atoms with van der Waals surface area (Å²) >= 11 is 5.76. The average Bonchev–Trinajstić information content (AvgIpc) is 2.49. The second-order valence-corrected chi connectivity index (χ2v) is 4.81. The minimum atomic E-state index is -0.458. The third kappa shape index (κ3) is 5.28. The molecule has 5 heteroatoms. The molecular formula is C16H14ClNO3. The van der Waals surface area contributed by atoms with E-state index in [2.05, 4.69) is 5.32 Å². The lowest BCUT2D eigenvalue weighted by molar-refractivity contribution is -0.146. The van der Waals surface area contributed by atoms with Crippen LogP contribution in [0.1, 0.15) is 5.56 Å². The molecule has 1 amide bonds. The van der Waals surface area contributed by atoms with Gasteiger partial charge in [-0.2, -0.15) is 0 Å². The lowest BCUT2D eigenvalue weighted by atomic mass is 10.1. The fourth-order valence-electron chi connectivity index (χ4n) is 1.68. The Morgan fingerprint density at radius 3 is 2.33 bits per heavy atom. The Kier molecular flexibility index (Phi) is 5.35. The molecule has 108 valence electrons. The van der Waals surface area contributed by atoms with Crippen molar-refractivity contribution < 1.29 is 14.3 Å². The lowest BCUT2D eigenvalue weighted by Crippen LogP contribution is -2.21. The quantitative estimate of drug-likeness (QED) is 0.864. The number of carbonyl (C=O) groups is 2. The number of para-hydroxylation sites is 1. The second-order valence-electron chi connectivity index (χ2n) is 4.38. The van der Waals surface area contributed by atoms with Crippen molar-refractivity contribution in [3.05, 3.63) is 65.2 Å². The van der Waals surface area contributed by atoms with Gasteiger partial charge in [0, 0.05) is 10.7 Å². The highest BCUT2D eigenvalue weighted by atomic mass is 35.5. The third-order valence-electron chi connectivity index (χ3n) is 2.68. The summed E-state index contributed by atoms with van der Waals surface area (Å²) in [4.78, 5) is 23.2. The summed E-state index contributed by atoms with van der Waals surface area (Å²) in [5.41, 5.74) is 1.45. The van der Waals surface area contributed by atoms with Crippen LogP contribution in [0.25, 0.3) is 0 Å². The molecular weight excluding hydrogens is 290 g/mol. The Balaban J connectivity index is 1.76. The Hall–Kier alpha value is -2.33. The molecule has 0 radical (unpaired) electrons. The predicted molar refractivity (Wildman–Crippen MR) is 81.2 cm³/mol. The number of carbonyl (C=O) groups excluding carboxylic acids is 2. The zero-order valence-corrected chi connectivity index (χ0v) is 12.0. The van der Waals surface area contributed by atoms with Gasteiger partial charge >= 0.3 is 5.97 Å². The third-order valence-corrected chi connectivity index (χ3v) is 2.94. The number of nitrogens with one attached hydrogen (secondary N) is 1. The zero-order valence-electron chi connectivity index (χ0n) is 11.2. The molecule has 0 heterocycles. The molecule has 2 rings (SSSR count). The number of hydrogen-bond donors (Lipinski definition) is 1. The van der Waals surface area contributed by atoms with Gasteiger partial charge in [-0.15, -0.1) is 0 Å². The van der Waals surface area contributed by atoms with Crippen molar-refractivity contribution in [2.75, 3.05) is 11.9 Å². The standard InChI is InChI=1S/C16H14ClNO3/c17-13-8-6-12(7-9-13)10-16(20)21-11-15(19)18-14-4-2-1-3-5-14/h1-9H,10-11H2,(H,18,19). The Labute approximate surface area is 127 Å². The maximum atomic E-state index is 11.6. The van der Waals surface area contributed by atoms with Gasteiger partial charge in [0.05, 0.1) is 6.42 Å². The van der Waals surface area contributed by atoms with Crippen molar-refractivity contribution in [2.45, 2.75) is 6.42 Å². The lowest BCUT2D eigenvalue weighted by Gasteiger charge is -2.06. The molecule has 0 saturated carbocycles. The summed E-state index contributed by atoms with van der Waals surface area (Å²) < 4.78 is 4.93. The molecule has 0 aliphatic heterocycles. The largest absolute Gasteiger partial charge is 0.455 e. The summed E-state index contributed by atoms with van der Waals surface area (Å²) in [5, 5.41) is 3.24. The van der Waals surface area contributed by atoms with Gasteiger partial charge in [0.25, 0.3) is 5.91 Å². The van der Waals surface area contributed by atoms with E-state index in [9.17, 15) is 9.59 Å². The molecule has 21 heavy (non-hydrogen) atoms. The van der Waals surface area contributed by atoms with Gasteiger partial charge in [0.1, 0.15) is 0 Å². The van der Waals surface area contributed by atoms with E-state index < -0.39 is 5.97 Å². The van der Waals surface area contributed by atoms with Gasteiger partial charge in [-0.1, -0.05) is 41.9 Å². The van der Waals surface area contributed by atoms with Gasteiger partial charge in [0.2, 0.25) is 0 Å². The Morgan fingerprint density at radius 1 is 1.00 bits per heavy atom. The number of anilines is 1. The second kappa shape index (κ2) is 7.45. The van der Waals surface area contributed by atoms with Crippen LogP contribution in [0.5, 0.6) is 0 Å². The topological polar surface area (TPSA) is 55.4 Å². The number of benzene rings is 2. The van der Waals surface area contributed by atoms with Crippen molar-refractivity contribution in [1.29, 1.82) is 0 Å². The summed E-state index contributed by atoms with van der Waals surface area (Å²) in [6, 6.07) is 15.9. The van der Waals surface area contributed by atoms with Crippen LogP contribution in [0.4, 0.5) is 5.69 Å². The van der Waals surface area contributed by atoms with E-state index in [0.29, 0.717) is 10.7 Å². The molecule has 0 unspecified atom stereocenters. The van der Waals surface area contributed by atoms with Gasteiger partial charge in [0.15, 0.2) is 6.61 Å². The van der Waals surface area contributed by atoms with Gasteiger partial charge in [-0.3, -0.25) is 9.59 Å². The smallest absolute Gasteiger partial charge is 0.310 e. The number of halogens is 1. The Morgan fingerprint density at radius 2 is 1.67 bits per heavy atom. The SMILES string of the molecule is O=C(COC(=O)Cc1ccc(Cl)cc1)Nc1ccccc1. The van der Waals surface area contributed by atoms with Crippen molar-refractivity contribution in [1.82, 2.24) is 0 Å². The van der Waals surface area contributed by atoms with E-state index in [1.807, 2.05) is 18.2 Å². The number of amides is 1. The van der Waals surface area contributed by atoms with E-state index in [1.54, 1.807) is 36.4 Å². The molecule has 4 nitrogen and oxygen atoms in total. The summed E-state index contributed by atoms with van der Waals surface area (Å²) in [6.07, 6.45) is 0.107. The molecule has 0 aliphatic carbocycles. The van der Waals surface area contributed by atoms with Crippen LogP contribution in [0.3, 0.4) is 0 Å². The molecule has 1 N–H and O–H groups in total. The maximum absolute atomic E-state index is 11.6. The van der Waals surface area contributed by atoms with Crippen molar-refractivity contribution in [3.63, 3.8) is 0 Å². The summed E-state index contributed by atoms with van der Waals surface area (Å²) in [7, 11) is 0. The highest BCUT2D eigenvalue weighted by molar-refractivity contribution is 6.30. The van der Waals surface area contributed by atoms with Crippen LogP contribution < -0.4 is 5.32 Å². The normalized spacial score (nSPS) is 9.95. The van der Waals surface area contributed by atoms with Crippen molar-refractivity contribution >= 4 is 29.2 Å². The van der Waals surface area contributed by atoms with E-state index in [0.717, 1.165) is 5.56 Å². The monoisotopic (exact) mass is 303 g/mol. The highest BCUT2D eigenvalue weighted by Gasteiger charge is 2.08. The van der Waals surface area contributed by atoms with Crippen LogP contribution >= 0.6 is 11.6 Å². The van der Waals surface area contributed by atoms with Crippen LogP contribution in [0, 0.1) is 0 Å². The first-order valence-corrected chi connectivity index (χ1v) is 6.76. The first-order valence-electron chi connectivity index (χ1n) is 6.38. The fourth-order valence-corrected chi connectivity index (χ4v) is 1.81. The van der Waals surface area contributed by atoms with Gasteiger partial charge in [-0.05, 0) is 29.8 Å². The minimum Gasteiger partial charge on any atom is -0.455 e. The molecule has 0 spiro atoms. The van der Waals surface area contributed by atoms with E-state index in [-0.39, 0.29) is 18.9 Å². The minimum absolute atomic E-state index is 0.107. The molecule has 0 atom stereocenters. The number of rotatable bonds is 5. The zero-order chi connectivity index (χ0) is 15.1. The molecule has 0 bridgehead atoms. The van der Waals surface area contributed by atoms with E-state index in [4.69, 9.17) is 16.3 Å². The first-order chi connectivity index (χ1) is 10.1.